The van der Waals surface area contributed by atoms with Gasteiger partial charge in [0.2, 0.25) is 0 Å². The number of hydrogen-bond acceptors (Lipinski definition) is 2. The zero-order valence-electron chi connectivity index (χ0n) is 55.2. The van der Waals surface area contributed by atoms with E-state index >= 15 is 0 Å². The number of para-hydroxylation sites is 2. The monoisotopic (exact) mass is 904 g/mol. The standard InChI is InChI=1S/C64H46N4O/c1-64(2,3)45-34-35-65-61(38-45)68-58-31-15-14-28-54(58)55-33-32-48(40-59(55)68)69-47-23-16-22-46(39-47)66-41-67-62-49(43-20-8-5-9-21-43)29-17-30-56(62)52-26-12-10-24-50(52)51-25-11-13-27-53(51)57-36-44(37-60(66)63(57)67)42-18-6-4-7-19-42/h4-40H,1-3H3/i4D,5D,6D,7D,8D,9D,10D,11D,12D,13D,18D,19D,20D,21D,24D,25D,26D,27D. The predicted molar refractivity (Wildman–Crippen MR) is 282 cm³/mol. The van der Waals surface area contributed by atoms with Crippen LogP contribution in [0.1, 0.15) is 51.0 Å². The summed E-state index contributed by atoms with van der Waals surface area (Å²) in [6.07, 6.45) is 5.21. The smallest absolute Gasteiger partial charge is 0.269 e. The minimum atomic E-state index is -0.761. The van der Waals surface area contributed by atoms with Crippen LogP contribution in [0.4, 0.5) is 0 Å². The fraction of sp³-hybridized carbons (Fsp3) is 0.0625. The molecule has 12 aromatic rings. The highest BCUT2D eigenvalue weighted by molar-refractivity contribution is 6.09. The van der Waals surface area contributed by atoms with Crippen LogP contribution in [-0.2, 0) is 5.41 Å². The Labute approximate surface area is 426 Å². The molecule has 0 saturated carbocycles. The molecule has 0 atom stereocenters. The molecule has 0 amide bonds. The lowest BCUT2D eigenvalue weighted by Crippen LogP contribution is -2.32. The first-order valence-corrected chi connectivity index (χ1v) is 22.1. The molecule has 4 heterocycles. The highest BCUT2D eigenvalue weighted by Gasteiger charge is 2.27. The number of nitrogens with zero attached hydrogens (tertiary/aromatic N) is 4. The van der Waals surface area contributed by atoms with Crippen LogP contribution in [0.2, 0.25) is 0 Å². The van der Waals surface area contributed by atoms with Gasteiger partial charge < -0.3 is 4.74 Å². The largest absolute Gasteiger partial charge is 0.458 e. The lowest BCUT2D eigenvalue weighted by molar-refractivity contribution is -0.570. The Balaban J connectivity index is 1.16. The topological polar surface area (TPSA) is 35.9 Å². The molecule has 13 rings (SSSR count). The van der Waals surface area contributed by atoms with Crippen LogP contribution in [0, 0.1) is 6.33 Å². The number of imidazole rings is 1. The van der Waals surface area contributed by atoms with Gasteiger partial charge in [0.25, 0.3) is 6.33 Å². The minimum Gasteiger partial charge on any atom is -0.458 e. The van der Waals surface area contributed by atoms with Crippen molar-refractivity contribution in [1.29, 1.82) is 0 Å². The van der Waals surface area contributed by atoms with E-state index in [1.807, 2.05) is 48.5 Å². The molecule has 0 N–H and O–H groups in total. The average molecular weight is 905 g/mol. The Kier molecular flexibility index (Phi) is 5.99. The second-order valence-electron chi connectivity index (χ2n) is 17.6. The molecular weight excluding hydrogens is 841 g/mol. The number of aromatic nitrogens is 4. The van der Waals surface area contributed by atoms with Gasteiger partial charge in [-0.3, -0.25) is 13.7 Å². The summed E-state index contributed by atoms with van der Waals surface area (Å²) in [4.78, 5) is 4.83. The Morgan fingerprint density at radius 2 is 1.14 bits per heavy atom. The van der Waals surface area contributed by atoms with Crippen LogP contribution < -0.4 is 9.30 Å². The fourth-order valence-electron chi connectivity index (χ4n) is 9.38. The van der Waals surface area contributed by atoms with Crippen molar-refractivity contribution >= 4 is 32.8 Å². The van der Waals surface area contributed by atoms with E-state index < -0.39 is 109 Å². The molecule has 9 aromatic carbocycles. The molecule has 0 unspecified atom stereocenters. The first-order chi connectivity index (χ1) is 41.3. The van der Waals surface area contributed by atoms with E-state index in [1.165, 1.54) is 39.5 Å². The number of rotatable bonds is 6. The summed E-state index contributed by atoms with van der Waals surface area (Å²) >= 11 is 0. The molecule has 0 radical (unpaired) electrons. The van der Waals surface area contributed by atoms with Gasteiger partial charge in [-0.2, -0.15) is 0 Å². The molecule has 0 saturated heterocycles. The molecule has 0 aliphatic carbocycles. The highest BCUT2D eigenvalue weighted by Crippen LogP contribution is 2.46. The van der Waals surface area contributed by atoms with Crippen LogP contribution in [0.5, 0.6) is 11.5 Å². The van der Waals surface area contributed by atoms with E-state index in [-0.39, 0.29) is 77.8 Å². The van der Waals surface area contributed by atoms with Gasteiger partial charge in [-0.1, -0.05) is 178 Å². The minimum absolute atomic E-state index is 0.0345. The van der Waals surface area contributed by atoms with Crippen molar-refractivity contribution < 1.29 is 34.0 Å². The first kappa shape index (κ1) is 25.9. The van der Waals surface area contributed by atoms with E-state index in [4.69, 9.17) is 22.1 Å². The Bertz CT molecular complexity index is 5010. The van der Waals surface area contributed by atoms with Gasteiger partial charge in [0.1, 0.15) is 17.3 Å². The van der Waals surface area contributed by atoms with Gasteiger partial charge in [-0.15, -0.1) is 0 Å². The van der Waals surface area contributed by atoms with Gasteiger partial charge >= 0.3 is 0 Å². The van der Waals surface area contributed by atoms with E-state index in [2.05, 4.69) is 37.7 Å². The Morgan fingerprint density at radius 3 is 1.90 bits per heavy atom. The molecule has 0 fully saturated rings. The maximum Gasteiger partial charge on any atom is 0.269 e. The molecule has 1 aliphatic heterocycles. The van der Waals surface area contributed by atoms with Gasteiger partial charge in [0, 0.05) is 23.0 Å². The zero-order valence-corrected chi connectivity index (χ0v) is 37.2. The third-order valence-corrected chi connectivity index (χ3v) is 12.5. The van der Waals surface area contributed by atoms with Crippen LogP contribution in [0.3, 0.4) is 0 Å². The molecule has 5 nitrogen and oxygen atoms in total. The number of pyridine rings is 1. The molecule has 328 valence electrons. The van der Waals surface area contributed by atoms with E-state index in [1.54, 1.807) is 30.5 Å². The van der Waals surface area contributed by atoms with Crippen molar-refractivity contribution in [2.24, 2.45) is 0 Å². The zero-order chi connectivity index (χ0) is 61.9. The third-order valence-electron chi connectivity index (χ3n) is 12.5. The molecule has 0 bridgehead atoms. The maximum atomic E-state index is 9.82. The van der Waals surface area contributed by atoms with E-state index in [0.717, 1.165) is 27.4 Å². The summed E-state index contributed by atoms with van der Waals surface area (Å²) in [7, 11) is 0. The van der Waals surface area contributed by atoms with Crippen molar-refractivity contribution in [3.8, 4) is 84.3 Å². The SMILES string of the molecule is [2H]c1c([2H])c([2H])c(-c2cc3c4c(c2)n(-c2cccc(Oc5ccc6c7ccccc7n(-c7cc(C(C)(C)C)ccn7)c6c5)c2)[c-][n+]4-c2c(-c4c([2H])c([2H])c([2H])c([2H])c4[2H])cccc2-c2c([2H])c([2H])c([2H])c([2H])c2-c2c([2H])c([2H])c([2H])c([2H])c2-3)c([2H])c1[2H]. The quantitative estimate of drug-likeness (QED) is 0.123. The van der Waals surface area contributed by atoms with Crippen LogP contribution in [0.15, 0.2) is 224 Å². The molecular formula is C64H46N4O. The summed E-state index contributed by atoms with van der Waals surface area (Å²) in [6, 6.07) is 19.7. The second kappa shape index (κ2) is 15.9. The van der Waals surface area contributed by atoms with Crippen LogP contribution in [0.25, 0.3) is 106 Å². The summed E-state index contributed by atoms with van der Waals surface area (Å²) in [5.41, 5.74) is 0.841. The molecule has 5 heteroatoms. The van der Waals surface area contributed by atoms with Crippen LogP contribution in [-0.4, -0.2) is 14.1 Å². The summed E-state index contributed by atoms with van der Waals surface area (Å²) in [6.45, 7) is 6.41. The average Bonchev–Trinajstić information content (AvgIpc) is 1.64. The summed E-state index contributed by atoms with van der Waals surface area (Å²) in [5.74, 6) is 1.44. The number of fused-ring (bicyclic) bond motifs is 10. The lowest BCUT2D eigenvalue weighted by atomic mass is 9.88. The number of ether oxygens (including phenoxy) is 1. The van der Waals surface area contributed by atoms with Crippen molar-refractivity contribution in [3.63, 3.8) is 0 Å². The predicted octanol–water partition coefficient (Wildman–Crippen LogP) is 15.9. The third kappa shape index (κ3) is 6.77. The van der Waals surface area contributed by atoms with Gasteiger partial charge in [0.15, 0.2) is 0 Å². The fourth-order valence-corrected chi connectivity index (χ4v) is 9.38. The van der Waals surface area contributed by atoms with Gasteiger partial charge in [0.05, 0.1) is 58.1 Å². The van der Waals surface area contributed by atoms with E-state index in [0.29, 0.717) is 23.0 Å². The highest BCUT2D eigenvalue weighted by atomic mass is 16.5. The van der Waals surface area contributed by atoms with Gasteiger partial charge in [-0.25, -0.2) is 4.98 Å². The van der Waals surface area contributed by atoms with Crippen molar-refractivity contribution in [3.05, 3.63) is 236 Å². The summed E-state index contributed by atoms with van der Waals surface area (Å²) in [5, 5.41) is 1.94. The Morgan fingerprint density at radius 1 is 0.507 bits per heavy atom. The number of benzene rings is 9. The molecule has 1 aliphatic rings. The molecule has 0 spiro atoms. The lowest BCUT2D eigenvalue weighted by Gasteiger charge is -2.20. The van der Waals surface area contributed by atoms with Crippen molar-refractivity contribution in [2.45, 2.75) is 26.2 Å². The normalized spacial score (nSPS) is 15.6. The van der Waals surface area contributed by atoms with Crippen molar-refractivity contribution in [1.82, 2.24) is 14.1 Å². The second-order valence-corrected chi connectivity index (χ2v) is 17.6. The molecule has 69 heavy (non-hydrogen) atoms. The van der Waals surface area contributed by atoms with Crippen molar-refractivity contribution in [2.75, 3.05) is 0 Å². The Hall–Kier alpha value is -8.80. The van der Waals surface area contributed by atoms with E-state index in [9.17, 15) is 12.3 Å². The van der Waals surface area contributed by atoms with Gasteiger partial charge in [-0.05, 0) is 121 Å². The number of hydrogen-bond donors (Lipinski definition) is 0. The first-order valence-electron chi connectivity index (χ1n) is 31.1. The molecule has 3 aromatic heterocycles. The maximum absolute atomic E-state index is 9.82. The van der Waals surface area contributed by atoms with Crippen LogP contribution >= 0.6 is 0 Å². The summed E-state index contributed by atoms with van der Waals surface area (Å²) < 4.78 is 177.